The summed E-state index contributed by atoms with van der Waals surface area (Å²) < 4.78 is 0. The molecular weight excluding hydrogens is 370 g/mol. The quantitative estimate of drug-likeness (QED) is 0.646. The number of aromatic nitrogens is 1. The number of H-pyrrole nitrogens is 1. The normalized spacial score (nSPS) is 15.0. The van der Waals surface area contributed by atoms with E-state index in [0.29, 0.717) is 36.2 Å². The number of nitrogens with zero attached hydrogens (tertiary/aromatic N) is 1. The van der Waals surface area contributed by atoms with E-state index in [1.54, 1.807) is 0 Å². The van der Waals surface area contributed by atoms with Crippen LogP contribution in [0.3, 0.4) is 0 Å². The summed E-state index contributed by atoms with van der Waals surface area (Å²) >= 11 is 5.67. The summed E-state index contributed by atoms with van der Waals surface area (Å²) in [6, 6.07) is 6.52. The second-order valence-electron chi connectivity index (χ2n) is 7.93. The molecule has 1 aliphatic rings. The van der Waals surface area contributed by atoms with Crippen LogP contribution in [0.4, 0.5) is 0 Å². The van der Waals surface area contributed by atoms with Gasteiger partial charge in [-0.05, 0) is 80.0 Å². The van der Waals surface area contributed by atoms with E-state index in [1.165, 1.54) is 30.4 Å². The number of aliphatic hydroxyl groups is 1. The fraction of sp³-hybridized carbons (Fsp3) is 0.545. The Morgan fingerprint density at radius 3 is 2.64 bits per heavy atom. The molecule has 2 aromatic rings. The number of fused-ring (bicyclic) bond motifs is 1. The van der Waals surface area contributed by atoms with Crippen molar-refractivity contribution in [1.29, 1.82) is 0 Å². The molecule has 3 N–H and O–H groups in total. The molecule has 0 saturated heterocycles. The fourth-order valence-electron chi connectivity index (χ4n) is 3.87. The standard InChI is InChI=1S/C22H31N3O2S/c1-15-11-17-13-18(21(27)24-20(17)12-16(15)2)14-25(9-6-10-26)22(28)23-19-7-4-3-5-8-19/h11-13,19,26H,3-10,14H2,1-2H3,(H,23,28)(H,24,27). The lowest BCUT2D eigenvalue weighted by atomic mass is 9.96. The lowest BCUT2D eigenvalue weighted by Crippen LogP contribution is -2.46. The van der Waals surface area contributed by atoms with Crippen molar-refractivity contribution in [1.82, 2.24) is 15.2 Å². The van der Waals surface area contributed by atoms with Crippen molar-refractivity contribution in [2.24, 2.45) is 0 Å². The number of hydrogen-bond acceptors (Lipinski definition) is 3. The topological polar surface area (TPSA) is 68.4 Å². The van der Waals surface area contributed by atoms with Gasteiger partial charge in [0.1, 0.15) is 0 Å². The van der Waals surface area contributed by atoms with Gasteiger partial charge in [-0.25, -0.2) is 0 Å². The summed E-state index contributed by atoms with van der Waals surface area (Å²) in [7, 11) is 0. The first-order valence-electron chi connectivity index (χ1n) is 10.3. The minimum absolute atomic E-state index is 0.0785. The second kappa shape index (κ2) is 9.52. The highest BCUT2D eigenvalue weighted by atomic mass is 32.1. The molecule has 0 bridgehead atoms. The van der Waals surface area contributed by atoms with Crippen LogP contribution in [0, 0.1) is 13.8 Å². The minimum Gasteiger partial charge on any atom is -0.396 e. The van der Waals surface area contributed by atoms with E-state index in [0.717, 1.165) is 23.7 Å². The third kappa shape index (κ3) is 5.11. The zero-order valence-corrected chi connectivity index (χ0v) is 17.7. The zero-order chi connectivity index (χ0) is 20.1. The van der Waals surface area contributed by atoms with E-state index in [1.807, 2.05) is 24.0 Å². The molecule has 0 unspecified atom stereocenters. The predicted octanol–water partition coefficient (Wildman–Crippen LogP) is 3.54. The number of aliphatic hydroxyl groups excluding tert-OH is 1. The highest BCUT2D eigenvalue weighted by Crippen LogP contribution is 2.19. The molecule has 0 amide bonds. The maximum atomic E-state index is 12.7. The average molecular weight is 402 g/mol. The van der Waals surface area contributed by atoms with Gasteiger partial charge in [0.2, 0.25) is 0 Å². The van der Waals surface area contributed by atoms with Crippen LogP contribution in [0.5, 0.6) is 0 Å². The van der Waals surface area contributed by atoms with Gasteiger partial charge in [0, 0.05) is 30.3 Å². The molecule has 28 heavy (non-hydrogen) atoms. The van der Waals surface area contributed by atoms with Crippen LogP contribution in [0.15, 0.2) is 23.0 Å². The van der Waals surface area contributed by atoms with Crippen LogP contribution in [-0.4, -0.2) is 39.3 Å². The first kappa shape index (κ1) is 20.8. The Bertz CT molecular complexity index is 887. The minimum atomic E-state index is -0.0785. The van der Waals surface area contributed by atoms with Crippen LogP contribution < -0.4 is 10.9 Å². The molecule has 6 heteroatoms. The molecule has 152 valence electrons. The molecule has 0 aliphatic heterocycles. The lowest BCUT2D eigenvalue weighted by molar-refractivity contribution is 0.262. The van der Waals surface area contributed by atoms with E-state index in [2.05, 4.69) is 23.3 Å². The van der Waals surface area contributed by atoms with E-state index in [4.69, 9.17) is 12.2 Å². The fourth-order valence-corrected chi connectivity index (χ4v) is 4.19. The Labute approximate surface area is 172 Å². The molecule has 0 atom stereocenters. The predicted molar refractivity (Wildman–Crippen MR) is 119 cm³/mol. The van der Waals surface area contributed by atoms with Crippen molar-refractivity contribution >= 4 is 28.2 Å². The summed E-state index contributed by atoms with van der Waals surface area (Å²) in [5.41, 5.74) is 3.85. The van der Waals surface area contributed by atoms with Crippen molar-refractivity contribution in [2.75, 3.05) is 13.2 Å². The number of thiocarbonyl (C=S) groups is 1. The van der Waals surface area contributed by atoms with Gasteiger partial charge in [0.25, 0.3) is 5.56 Å². The summed E-state index contributed by atoms with van der Waals surface area (Å²) in [5.74, 6) is 0. The van der Waals surface area contributed by atoms with Gasteiger partial charge in [-0.15, -0.1) is 0 Å². The number of nitrogens with one attached hydrogen (secondary N) is 2. The summed E-state index contributed by atoms with van der Waals surface area (Å²) in [5, 5.41) is 14.5. The SMILES string of the molecule is Cc1cc2cc(CN(CCCO)C(=S)NC3CCCCC3)c(=O)[nH]c2cc1C. The highest BCUT2D eigenvalue weighted by Gasteiger charge is 2.18. The summed E-state index contributed by atoms with van der Waals surface area (Å²) in [6.45, 7) is 5.30. The highest BCUT2D eigenvalue weighted by molar-refractivity contribution is 7.80. The van der Waals surface area contributed by atoms with Crippen LogP contribution in [0.1, 0.15) is 55.2 Å². The van der Waals surface area contributed by atoms with Gasteiger partial charge < -0.3 is 20.3 Å². The van der Waals surface area contributed by atoms with Gasteiger partial charge in [-0.2, -0.15) is 0 Å². The van der Waals surface area contributed by atoms with E-state index < -0.39 is 0 Å². The van der Waals surface area contributed by atoms with E-state index in [-0.39, 0.29) is 12.2 Å². The van der Waals surface area contributed by atoms with Crippen molar-refractivity contribution in [3.63, 3.8) is 0 Å². The van der Waals surface area contributed by atoms with Crippen molar-refractivity contribution in [2.45, 2.75) is 65.0 Å². The first-order valence-corrected chi connectivity index (χ1v) is 10.7. The molecule has 0 spiro atoms. The van der Waals surface area contributed by atoms with Crippen LogP contribution in [-0.2, 0) is 6.54 Å². The zero-order valence-electron chi connectivity index (χ0n) is 16.9. The van der Waals surface area contributed by atoms with Gasteiger partial charge in [-0.3, -0.25) is 4.79 Å². The number of hydrogen-bond donors (Lipinski definition) is 3. The largest absolute Gasteiger partial charge is 0.396 e. The summed E-state index contributed by atoms with van der Waals surface area (Å²) in [6.07, 6.45) is 6.67. The first-order chi connectivity index (χ1) is 13.5. The maximum absolute atomic E-state index is 12.7. The molecule has 1 saturated carbocycles. The Balaban J connectivity index is 1.81. The second-order valence-corrected chi connectivity index (χ2v) is 8.32. The van der Waals surface area contributed by atoms with Crippen LogP contribution >= 0.6 is 12.2 Å². The van der Waals surface area contributed by atoms with Crippen molar-refractivity contribution in [3.8, 4) is 0 Å². The average Bonchev–Trinajstić information content (AvgIpc) is 2.67. The molecular formula is C22H31N3O2S. The van der Waals surface area contributed by atoms with Gasteiger partial charge >= 0.3 is 0 Å². The monoisotopic (exact) mass is 401 g/mol. The summed E-state index contributed by atoms with van der Waals surface area (Å²) in [4.78, 5) is 17.7. The van der Waals surface area contributed by atoms with E-state index in [9.17, 15) is 9.90 Å². The maximum Gasteiger partial charge on any atom is 0.253 e. The van der Waals surface area contributed by atoms with Crippen molar-refractivity contribution < 1.29 is 5.11 Å². The van der Waals surface area contributed by atoms with Crippen LogP contribution in [0.25, 0.3) is 10.9 Å². The van der Waals surface area contributed by atoms with E-state index >= 15 is 0 Å². The Morgan fingerprint density at radius 2 is 1.93 bits per heavy atom. The number of rotatable bonds is 6. The molecule has 0 radical (unpaired) electrons. The van der Waals surface area contributed by atoms with Crippen molar-refractivity contribution in [3.05, 3.63) is 45.2 Å². The van der Waals surface area contributed by atoms with Gasteiger partial charge in [0.05, 0.1) is 6.54 Å². The third-order valence-electron chi connectivity index (χ3n) is 5.70. The molecule has 5 nitrogen and oxygen atoms in total. The molecule has 1 aromatic carbocycles. The number of pyridine rings is 1. The Kier molecular flexibility index (Phi) is 7.08. The number of aryl methyl sites for hydroxylation is 2. The molecule has 1 heterocycles. The molecule has 1 aromatic heterocycles. The number of benzene rings is 1. The molecule has 3 rings (SSSR count). The number of aromatic amines is 1. The smallest absolute Gasteiger partial charge is 0.253 e. The molecule has 1 fully saturated rings. The Morgan fingerprint density at radius 1 is 1.21 bits per heavy atom. The third-order valence-corrected chi connectivity index (χ3v) is 6.08. The molecule has 1 aliphatic carbocycles. The van der Waals surface area contributed by atoms with Crippen LogP contribution in [0.2, 0.25) is 0 Å². The van der Waals surface area contributed by atoms with Gasteiger partial charge in [0.15, 0.2) is 5.11 Å². The van der Waals surface area contributed by atoms with Gasteiger partial charge in [-0.1, -0.05) is 19.3 Å². The lowest BCUT2D eigenvalue weighted by Gasteiger charge is -2.30. The Hall–Kier alpha value is -1.92.